The monoisotopic (exact) mass is 528 g/mol. The summed E-state index contributed by atoms with van der Waals surface area (Å²) < 4.78 is 20.7. The highest BCUT2D eigenvalue weighted by atomic mass is 35.5. The van der Waals surface area contributed by atoms with Gasteiger partial charge in [0, 0.05) is 33.7 Å². The third kappa shape index (κ3) is 6.47. The van der Waals surface area contributed by atoms with E-state index in [1.54, 1.807) is 49.7 Å². The van der Waals surface area contributed by atoms with Crippen molar-refractivity contribution in [2.24, 2.45) is 11.8 Å². The lowest BCUT2D eigenvalue weighted by Gasteiger charge is -2.35. The van der Waals surface area contributed by atoms with E-state index in [0.29, 0.717) is 70.3 Å². The number of halogens is 3. The number of carboxylic acid groups (broad SMARTS) is 1. The van der Waals surface area contributed by atoms with Gasteiger partial charge in [-0.05, 0) is 79.8 Å². The quantitative estimate of drug-likeness (QED) is 0.358. The molecule has 8 heteroatoms. The van der Waals surface area contributed by atoms with Crippen LogP contribution in [0.15, 0.2) is 48.7 Å². The minimum absolute atomic E-state index is 0.0978. The average molecular weight is 529 g/mol. The van der Waals surface area contributed by atoms with Gasteiger partial charge in [-0.15, -0.1) is 0 Å². The van der Waals surface area contributed by atoms with Gasteiger partial charge in [-0.25, -0.2) is 4.39 Å². The van der Waals surface area contributed by atoms with Gasteiger partial charge in [0.1, 0.15) is 11.9 Å². The summed E-state index contributed by atoms with van der Waals surface area (Å²) in [4.78, 5) is 18.4. The van der Waals surface area contributed by atoms with Crippen LogP contribution in [0.2, 0.25) is 10.0 Å². The molecule has 36 heavy (non-hydrogen) atoms. The number of rotatable bonds is 7. The van der Waals surface area contributed by atoms with Crippen LogP contribution in [0.25, 0.3) is 10.9 Å². The van der Waals surface area contributed by atoms with Gasteiger partial charge in [-0.3, -0.25) is 14.7 Å². The van der Waals surface area contributed by atoms with Crippen molar-refractivity contribution in [3.8, 4) is 17.6 Å². The number of hydrogen-bond acceptors (Lipinski definition) is 4. The third-order valence-electron chi connectivity index (χ3n) is 6.67. The van der Waals surface area contributed by atoms with Crippen LogP contribution < -0.4 is 4.74 Å². The molecule has 5 nitrogen and oxygen atoms in total. The Morgan fingerprint density at radius 3 is 2.75 bits per heavy atom. The molecule has 1 fully saturated rings. The molecule has 188 valence electrons. The van der Waals surface area contributed by atoms with Crippen molar-refractivity contribution in [1.29, 1.82) is 0 Å². The molecule has 1 aliphatic heterocycles. The first-order valence-corrected chi connectivity index (χ1v) is 12.6. The largest absolute Gasteiger partial charge is 0.497 e. The predicted octanol–water partition coefficient (Wildman–Crippen LogP) is 6.42. The van der Waals surface area contributed by atoms with Crippen LogP contribution in [0.3, 0.4) is 0 Å². The lowest BCUT2D eigenvalue weighted by Crippen LogP contribution is -2.44. The van der Waals surface area contributed by atoms with Crippen LogP contribution in [0.4, 0.5) is 4.39 Å². The van der Waals surface area contributed by atoms with Crippen molar-refractivity contribution < 1.29 is 19.0 Å². The van der Waals surface area contributed by atoms with E-state index in [4.69, 9.17) is 27.9 Å². The number of benzene rings is 2. The maximum Gasteiger partial charge on any atom is 0.308 e. The highest BCUT2D eigenvalue weighted by molar-refractivity contribution is 6.34. The number of ether oxygens (including phenoxy) is 1. The summed E-state index contributed by atoms with van der Waals surface area (Å²) in [6.07, 6.45) is 1.81. The number of pyridine rings is 1. The number of likely N-dealkylation sites (tertiary alicyclic amines) is 1. The molecule has 0 saturated carbocycles. The lowest BCUT2D eigenvalue weighted by molar-refractivity contribution is -0.146. The first-order chi connectivity index (χ1) is 17.3. The minimum atomic E-state index is -1.22. The second-order valence-electron chi connectivity index (χ2n) is 9.02. The second-order valence-corrected chi connectivity index (χ2v) is 9.89. The maximum absolute atomic E-state index is 15.4. The molecule has 1 saturated heterocycles. The fourth-order valence-electron chi connectivity index (χ4n) is 4.78. The highest BCUT2D eigenvalue weighted by Crippen LogP contribution is 2.35. The van der Waals surface area contributed by atoms with Gasteiger partial charge in [-0.2, -0.15) is 0 Å². The Morgan fingerprint density at radius 2 is 2.03 bits per heavy atom. The van der Waals surface area contributed by atoms with Gasteiger partial charge in [0.15, 0.2) is 0 Å². The van der Waals surface area contributed by atoms with Crippen LogP contribution in [-0.2, 0) is 4.79 Å². The fraction of sp³-hybridized carbons (Fsp3) is 0.357. The van der Waals surface area contributed by atoms with Gasteiger partial charge >= 0.3 is 5.97 Å². The molecule has 2 heterocycles. The van der Waals surface area contributed by atoms with Crippen LogP contribution in [-0.4, -0.2) is 47.7 Å². The molecule has 0 aliphatic carbocycles. The zero-order valence-electron chi connectivity index (χ0n) is 19.9. The Hall–Kier alpha value is -2.85. The average Bonchev–Trinajstić information content (AvgIpc) is 2.86. The van der Waals surface area contributed by atoms with Gasteiger partial charge in [-0.1, -0.05) is 35.0 Å². The summed E-state index contributed by atoms with van der Waals surface area (Å²) in [7, 11) is 1.57. The molecular weight excluding hydrogens is 502 g/mol. The Morgan fingerprint density at radius 1 is 1.25 bits per heavy atom. The van der Waals surface area contributed by atoms with E-state index in [0.717, 1.165) is 0 Å². The highest BCUT2D eigenvalue weighted by Gasteiger charge is 2.34. The second kappa shape index (κ2) is 11.9. The van der Waals surface area contributed by atoms with E-state index in [2.05, 4.69) is 16.8 Å². The number of carbonyl (C=O) groups is 1. The number of methoxy groups -OCH3 is 1. The summed E-state index contributed by atoms with van der Waals surface area (Å²) in [5.41, 5.74) is 1.97. The van der Waals surface area contributed by atoms with Gasteiger partial charge in [0.25, 0.3) is 0 Å². The number of alkyl halides is 1. The lowest BCUT2D eigenvalue weighted by atomic mass is 9.81. The molecule has 3 atom stereocenters. The summed E-state index contributed by atoms with van der Waals surface area (Å²) in [6.45, 7) is 1.54. The molecule has 1 aromatic heterocycles. The van der Waals surface area contributed by atoms with Crippen molar-refractivity contribution >= 4 is 40.1 Å². The van der Waals surface area contributed by atoms with E-state index in [1.165, 1.54) is 0 Å². The maximum atomic E-state index is 15.4. The molecule has 3 aromatic rings. The van der Waals surface area contributed by atoms with E-state index < -0.39 is 18.1 Å². The Bertz CT molecular complexity index is 1290. The molecule has 4 rings (SSSR count). The minimum Gasteiger partial charge on any atom is -0.497 e. The molecule has 0 bridgehead atoms. The molecule has 1 aliphatic rings. The zero-order chi connectivity index (χ0) is 25.7. The fourth-order valence-corrected chi connectivity index (χ4v) is 5.31. The van der Waals surface area contributed by atoms with E-state index >= 15 is 4.39 Å². The Kier molecular flexibility index (Phi) is 8.68. The molecule has 0 radical (unpaired) electrons. The van der Waals surface area contributed by atoms with Crippen molar-refractivity contribution in [2.75, 3.05) is 26.7 Å². The number of piperidine rings is 1. The van der Waals surface area contributed by atoms with E-state index in [1.807, 2.05) is 11.0 Å². The van der Waals surface area contributed by atoms with Gasteiger partial charge in [0.05, 0.1) is 25.1 Å². The molecule has 2 aromatic carbocycles. The Balaban J connectivity index is 1.38. The number of aromatic nitrogens is 1. The normalized spacial score (nSPS) is 18.9. The smallest absolute Gasteiger partial charge is 0.308 e. The van der Waals surface area contributed by atoms with Crippen LogP contribution in [0.1, 0.15) is 36.6 Å². The van der Waals surface area contributed by atoms with Crippen molar-refractivity contribution in [1.82, 2.24) is 9.88 Å². The topological polar surface area (TPSA) is 62.7 Å². The number of carboxylic acids is 1. The summed E-state index contributed by atoms with van der Waals surface area (Å²) in [6, 6.07) is 12.2. The number of aliphatic carboxylic acids is 1. The third-order valence-corrected chi connectivity index (χ3v) is 7.10. The molecular formula is C28H27Cl2FN2O3. The Labute approximate surface area is 220 Å². The number of fused-ring (bicyclic) bond motifs is 1. The van der Waals surface area contributed by atoms with E-state index in [-0.39, 0.29) is 12.3 Å². The summed E-state index contributed by atoms with van der Waals surface area (Å²) in [5, 5.41) is 11.6. The first-order valence-electron chi connectivity index (χ1n) is 11.8. The van der Waals surface area contributed by atoms with E-state index in [9.17, 15) is 9.90 Å². The van der Waals surface area contributed by atoms with Crippen molar-refractivity contribution in [3.05, 3.63) is 69.8 Å². The summed E-state index contributed by atoms with van der Waals surface area (Å²) in [5.74, 6) is 5.25. The van der Waals surface area contributed by atoms with Gasteiger partial charge in [0.2, 0.25) is 0 Å². The molecule has 0 unspecified atom stereocenters. The summed E-state index contributed by atoms with van der Waals surface area (Å²) >= 11 is 12.0. The SMILES string of the molecule is COc1ccc2nccc([C@H](F)CC[C@@H]3CCN(CC#Cc4cc(Cl)cc(Cl)c4)C[C@@H]3C(=O)O)c2c1. The zero-order valence-corrected chi connectivity index (χ0v) is 21.4. The molecule has 0 amide bonds. The van der Waals surface area contributed by atoms with Crippen LogP contribution in [0.5, 0.6) is 5.75 Å². The number of hydrogen-bond donors (Lipinski definition) is 1. The predicted molar refractivity (Wildman–Crippen MR) is 140 cm³/mol. The van der Waals surface area contributed by atoms with Gasteiger partial charge < -0.3 is 9.84 Å². The molecule has 0 spiro atoms. The first kappa shape index (κ1) is 26.2. The number of nitrogens with zero attached hydrogens (tertiary/aromatic N) is 2. The standard InChI is InChI=1S/C28H27Cl2FN2O3/c1-36-22-5-7-27-24(16-22)23(8-10-32-27)26(31)6-4-19-9-12-33(17-25(19)28(34)35)11-2-3-18-13-20(29)15-21(30)14-18/h5,7-8,10,13-16,19,25-26H,4,6,9,11-12,17H2,1H3,(H,34,35)/t19-,25+,26-/m1/s1. The van der Waals surface area contributed by atoms with Crippen LogP contribution >= 0.6 is 23.2 Å². The van der Waals surface area contributed by atoms with Crippen molar-refractivity contribution in [2.45, 2.75) is 25.4 Å². The molecule has 1 N–H and O–H groups in total. The van der Waals surface area contributed by atoms with Crippen molar-refractivity contribution in [3.63, 3.8) is 0 Å². The van der Waals surface area contributed by atoms with Crippen LogP contribution in [0, 0.1) is 23.7 Å².